The van der Waals surface area contributed by atoms with Crippen LogP contribution in [0.3, 0.4) is 0 Å². The fourth-order valence-corrected chi connectivity index (χ4v) is 2.22. The predicted molar refractivity (Wildman–Crippen MR) is 66.9 cm³/mol. The molecule has 2 amide bonds. The monoisotopic (exact) mass is 251 g/mol. The molecule has 0 atom stereocenters. The zero-order chi connectivity index (χ0) is 13.2. The summed E-state index contributed by atoms with van der Waals surface area (Å²) in [5, 5.41) is 2.63. The van der Waals surface area contributed by atoms with Crippen molar-refractivity contribution in [3.63, 3.8) is 0 Å². The maximum Gasteiger partial charge on any atom is 0.333 e. The second-order valence-corrected chi connectivity index (χ2v) is 4.25. The number of anilines is 1. The Morgan fingerprint density at radius 3 is 2.56 bits per heavy atom. The Morgan fingerprint density at radius 1 is 1.28 bits per heavy atom. The summed E-state index contributed by atoms with van der Waals surface area (Å²) in [6.07, 6.45) is 1.37. The van der Waals surface area contributed by atoms with Gasteiger partial charge in [0.1, 0.15) is 0 Å². The Hall–Kier alpha value is -1.63. The molecule has 0 fully saturated rings. The van der Waals surface area contributed by atoms with Gasteiger partial charge in [-0.2, -0.15) is 0 Å². The van der Waals surface area contributed by atoms with E-state index in [2.05, 4.69) is 5.32 Å². The fraction of sp³-hybridized carbons (Fsp3) is 0.417. The molecule has 0 unspecified atom stereocenters. The molecule has 0 aliphatic heterocycles. The summed E-state index contributed by atoms with van der Waals surface area (Å²) >= 11 is 0. The molecule has 6 nitrogen and oxygen atoms in total. The van der Waals surface area contributed by atoms with Crippen LogP contribution in [0.15, 0.2) is 18.2 Å². The van der Waals surface area contributed by atoms with Crippen molar-refractivity contribution in [2.24, 2.45) is 5.84 Å². The van der Waals surface area contributed by atoms with E-state index < -0.39 is 11.8 Å². The number of amides is 2. The van der Waals surface area contributed by atoms with Crippen LogP contribution in [-0.4, -0.2) is 26.0 Å². The second-order valence-electron chi connectivity index (χ2n) is 4.25. The number of urea groups is 1. The summed E-state index contributed by atoms with van der Waals surface area (Å²) in [6.45, 7) is 0. The Bertz CT molecular complexity index is 458. The van der Waals surface area contributed by atoms with Crippen molar-refractivity contribution >= 4 is 11.7 Å². The molecule has 0 radical (unpaired) electrons. The molecule has 1 aliphatic carbocycles. The molecule has 18 heavy (non-hydrogen) atoms. The summed E-state index contributed by atoms with van der Waals surface area (Å²) in [5.41, 5.74) is 4.98. The van der Waals surface area contributed by atoms with Gasteiger partial charge in [0.15, 0.2) is 5.79 Å². The average molecular weight is 251 g/mol. The standard InChI is InChI=1S/C12H17N3O3/c1-17-12(18-2)6-8-3-4-10(5-9(8)7-12)14-11(16)15-13/h3-5H,6-7,13H2,1-2H3,(H2,14,15,16). The van der Waals surface area contributed by atoms with Crippen molar-refractivity contribution in [1.82, 2.24) is 5.43 Å². The van der Waals surface area contributed by atoms with Crippen LogP contribution in [0.2, 0.25) is 0 Å². The molecular formula is C12H17N3O3. The van der Waals surface area contributed by atoms with Crippen LogP contribution in [-0.2, 0) is 22.3 Å². The number of nitrogens with one attached hydrogen (secondary N) is 2. The summed E-state index contributed by atoms with van der Waals surface area (Å²) in [5.74, 6) is 4.43. The van der Waals surface area contributed by atoms with Gasteiger partial charge >= 0.3 is 6.03 Å². The normalized spacial score (nSPS) is 16.2. The number of methoxy groups -OCH3 is 2. The number of rotatable bonds is 3. The van der Waals surface area contributed by atoms with E-state index in [1.165, 1.54) is 0 Å². The van der Waals surface area contributed by atoms with Gasteiger partial charge in [-0.05, 0) is 23.3 Å². The first kappa shape index (κ1) is 12.8. The molecule has 2 rings (SSSR count). The molecule has 6 heteroatoms. The van der Waals surface area contributed by atoms with Gasteiger partial charge in [0.25, 0.3) is 0 Å². The summed E-state index contributed by atoms with van der Waals surface area (Å²) in [4.78, 5) is 11.1. The highest BCUT2D eigenvalue weighted by Crippen LogP contribution is 2.34. The first-order valence-corrected chi connectivity index (χ1v) is 5.62. The summed E-state index contributed by atoms with van der Waals surface area (Å²) in [7, 11) is 3.27. The summed E-state index contributed by atoms with van der Waals surface area (Å²) in [6, 6.07) is 5.25. The highest BCUT2D eigenvalue weighted by molar-refractivity contribution is 5.88. The van der Waals surface area contributed by atoms with Crippen LogP contribution in [0, 0.1) is 0 Å². The molecule has 4 N–H and O–H groups in total. The van der Waals surface area contributed by atoms with E-state index in [0.717, 1.165) is 11.1 Å². The average Bonchev–Trinajstić information content (AvgIpc) is 2.77. The van der Waals surface area contributed by atoms with E-state index in [1.54, 1.807) is 14.2 Å². The predicted octanol–water partition coefficient (Wildman–Crippen LogP) is 0.769. The Balaban J connectivity index is 2.19. The SMILES string of the molecule is COC1(OC)Cc2ccc(NC(=O)NN)cc2C1. The molecule has 98 valence electrons. The van der Waals surface area contributed by atoms with Gasteiger partial charge in [-0.1, -0.05) is 6.07 Å². The van der Waals surface area contributed by atoms with Gasteiger partial charge in [0.05, 0.1) is 0 Å². The van der Waals surface area contributed by atoms with E-state index in [9.17, 15) is 4.79 Å². The number of ether oxygens (including phenoxy) is 2. The third kappa shape index (κ3) is 2.31. The minimum atomic E-state index is -0.586. The third-order valence-corrected chi connectivity index (χ3v) is 3.26. The Kier molecular flexibility index (Phi) is 3.51. The van der Waals surface area contributed by atoms with Gasteiger partial charge < -0.3 is 14.8 Å². The van der Waals surface area contributed by atoms with Gasteiger partial charge in [-0.15, -0.1) is 0 Å². The lowest BCUT2D eigenvalue weighted by Crippen LogP contribution is -2.34. The lowest BCUT2D eigenvalue weighted by atomic mass is 10.1. The minimum absolute atomic E-state index is 0.447. The van der Waals surface area contributed by atoms with Gasteiger partial charge in [0, 0.05) is 32.7 Å². The molecule has 0 bridgehead atoms. The van der Waals surface area contributed by atoms with Crippen LogP contribution in [0.25, 0.3) is 0 Å². The molecule has 0 saturated heterocycles. The third-order valence-electron chi connectivity index (χ3n) is 3.26. The van der Waals surface area contributed by atoms with Crippen LogP contribution in [0.4, 0.5) is 10.5 Å². The number of benzene rings is 1. The zero-order valence-electron chi connectivity index (χ0n) is 10.4. The maximum absolute atomic E-state index is 11.1. The van der Waals surface area contributed by atoms with Crippen LogP contribution < -0.4 is 16.6 Å². The molecule has 1 aromatic carbocycles. The van der Waals surface area contributed by atoms with E-state index in [1.807, 2.05) is 23.6 Å². The fourth-order valence-electron chi connectivity index (χ4n) is 2.22. The largest absolute Gasteiger partial charge is 0.353 e. The first-order valence-electron chi connectivity index (χ1n) is 5.62. The number of hydrogen-bond donors (Lipinski definition) is 3. The van der Waals surface area contributed by atoms with Crippen molar-refractivity contribution in [3.8, 4) is 0 Å². The van der Waals surface area contributed by atoms with Crippen molar-refractivity contribution in [3.05, 3.63) is 29.3 Å². The molecule has 0 spiro atoms. The van der Waals surface area contributed by atoms with Crippen molar-refractivity contribution in [1.29, 1.82) is 0 Å². The van der Waals surface area contributed by atoms with Gasteiger partial charge in [-0.3, -0.25) is 5.43 Å². The maximum atomic E-state index is 11.1. The molecule has 1 aromatic rings. The molecule has 0 aromatic heterocycles. The highest BCUT2D eigenvalue weighted by Gasteiger charge is 2.37. The lowest BCUT2D eigenvalue weighted by molar-refractivity contribution is -0.198. The topological polar surface area (TPSA) is 85.6 Å². The quantitative estimate of drug-likeness (QED) is 0.320. The zero-order valence-corrected chi connectivity index (χ0v) is 10.4. The molecule has 0 heterocycles. The first-order chi connectivity index (χ1) is 8.62. The van der Waals surface area contributed by atoms with E-state index >= 15 is 0 Å². The van der Waals surface area contributed by atoms with Crippen molar-refractivity contribution < 1.29 is 14.3 Å². The van der Waals surface area contributed by atoms with Crippen LogP contribution in [0.5, 0.6) is 0 Å². The van der Waals surface area contributed by atoms with Gasteiger partial charge in [-0.25, -0.2) is 10.6 Å². The molecule has 1 aliphatic rings. The van der Waals surface area contributed by atoms with E-state index in [0.29, 0.717) is 18.5 Å². The van der Waals surface area contributed by atoms with Crippen LogP contribution >= 0.6 is 0 Å². The second kappa shape index (κ2) is 4.93. The number of fused-ring (bicyclic) bond motifs is 1. The number of carbonyl (C=O) groups excluding carboxylic acids is 1. The number of nitrogens with two attached hydrogens (primary N) is 1. The molecular weight excluding hydrogens is 234 g/mol. The van der Waals surface area contributed by atoms with Gasteiger partial charge in [0.2, 0.25) is 0 Å². The van der Waals surface area contributed by atoms with E-state index in [4.69, 9.17) is 15.3 Å². The number of hydrogen-bond acceptors (Lipinski definition) is 4. The molecule has 0 saturated carbocycles. The number of hydrazine groups is 1. The van der Waals surface area contributed by atoms with Crippen molar-refractivity contribution in [2.45, 2.75) is 18.6 Å². The minimum Gasteiger partial charge on any atom is -0.353 e. The summed E-state index contributed by atoms with van der Waals surface area (Å²) < 4.78 is 10.9. The highest BCUT2D eigenvalue weighted by atomic mass is 16.7. The van der Waals surface area contributed by atoms with E-state index in [-0.39, 0.29) is 0 Å². The Labute approximate surface area is 105 Å². The lowest BCUT2D eigenvalue weighted by Gasteiger charge is -2.25. The number of carbonyl (C=O) groups is 1. The smallest absolute Gasteiger partial charge is 0.333 e. The Morgan fingerprint density at radius 2 is 1.94 bits per heavy atom. The van der Waals surface area contributed by atoms with Crippen LogP contribution in [0.1, 0.15) is 11.1 Å². The van der Waals surface area contributed by atoms with Crippen molar-refractivity contribution in [2.75, 3.05) is 19.5 Å².